The number of amides is 2. The number of thioether (sulfide) groups is 1. The fourth-order valence-corrected chi connectivity index (χ4v) is 3.79. The van der Waals surface area contributed by atoms with Crippen LogP contribution in [0, 0.1) is 5.92 Å². The van der Waals surface area contributed by atoms with Gasteiger partial charge in [-0.1, -0.05) is 12.5 Å². The Bertz CT molecular complexity index is 410. The fraction of sp³-hybridized carbons (Fsp3) is 0.733. The highest BCUT2D eigenvalue weighted by molar-refractivity contribution is 7.99. The Balaban J connectivity index is 2.01. The zero-order valence-corrected chi connectivity index (χ0v) is 13.4. The lowest BCUT2D eigenvalue weighted by Crippen LogP contribution is -2.50. The molecule has 0 aromatic carbocycles. The molecule has 112 valence electrons. The minimum atomic E-state index is -0.267. The Morgan fingerprint density at radius 3 is 2.45 bits per heavy atom. The zero-order valence-electron chi connectivity index (χ0n) is 12.6. The summed E-state index contributed by atoms with van der Waals surface area (Å²) in [6, 6.07) is -0.267. The maximum Gasteiger partial charge on any atom is 0.247 e. The minimum Gasteiger partial charge on any atom is -0.341 e. The van der Waals surface area contributed by atoms with Crippen LogP contribution in [0.25, 0.3) is 0 Å². The van der Waals surface area contributed by atoms with Crippen LogP contribution >= 0.6 is 11.8 Å². The topological polar surface area (TPSA) is 40.6 Å². The van der Waals surface area contributed by atoms with Crippen LogP contribution < -0.4 is 0 Å². The van der Waals surface area contributed by atoms with Crippen molar-refractivity contribution in [2.75, 3.05) is 24.7 Å². The summed E-state index contributed by atoms with van der Waals surface area (Å²) in [4.78, 5) is 28.4. The molecule has 0 radical (unpaired) electrons. The number of piperidine rings is 1. The van der Waals surface area contributed by atoms with Gasteiger partial charge in [0.2, 0.25) is 11.8 Å². The number of carbonyl (C=O) groups excluding carboxylic acids is 2. The highest BCUT2D eigenvalue weighted by atomic mass is 32.2. The monoisotopic (exact) mass is 296 g/mol. The summed E-state index contributed by atoms with van der Waals surface area (Å²) in [6.45, 7) is 7.73. The van der Waals surface area contributed by atoms with Crippen molar-refractivity contribution in [3.05, 3.63) is 11.6 Å². The second-order valence-electron chi connectivity index (χ2n) is 6.05. The van der Waals surface area contributed by atoms with Gasteiger partial charge in [0.05, 0.1) is 5.88 Å². The minimum absolute atomic E-state index is 0.0290. The zero-order chi connectivity index (χ0) is 14.7. The number of hydrogen-bond acceptors (Lipinski definition) is 3. The van der Waals surface area contributed by atoms with Gasteiger partial charge in [0.1, 0.15) is 6.04 Å². The van der Waals surface area contributed by atoms with Crippen LogP contribution in [0.15, 0.2) is 11.6 Å². The molecule has 2 aliphatic rings. The van der Waals surface area contributed by atoms with E-state index >= 15 is 0 Å². The van der Waals surface area contributed by atoms with Gasteiger partial charge in [0.25, 0.3) is 0 Å². The largest absolute Gasteiger partial charge is 0.341 e. The first kappa shape index (κ1) is 15.4. The smallest absolute Gasteiger partial charge is 0.247 e. The Kier molecular flexibility index (Phi) is 5.13. The lowest BCUT2D eigenvalue weighted by atomic mass is 9.98. The SMILES string of the molecule is CC(C)=CC(=O)N1CSCC1C(=O)N1CCC(C)CC1. The third-order valence-corrected chi connectivity index (χ3v) is 4.97. The first-order valence-electron chi connectivity index (χ1n) is 7.31. The lowest BCUT2D eigenvalue weighted by Gasteiger charge is -2.34. The van der Waals surface area contributed by atoms with Gasteiger partial charge < -0.3 is 9.80 Å². The molecule has 4 nitrogen and oxygen atoms in total. The van der Waals surface area contributed by atoms with Crippen molar-refractivity contribution in [3.8, 4) is 0 Å². The van der Waals surface area contributed by atoms with E-state index in [1.54, 1.807) is 22.7 Å². The molecule has 1 atom stereocenters. The quantitative estimate of drug-likeness (QED) is 0.733. The number of nitrogens with zero attached hydrogens (tertiary/aromatic N) is 2. The van der Waals surface area contributed by atoms with Gasteiger partial charge in [0.15, 0.2) is 0 Å². The molecule has 0 aromatic heterocycles. The van der Waals surface area contributed by atoms with E-state index < -0.39 is 0 Å². The third kappa shape index (κ3) is 3.57. The van der Waals surface area contributed by atoms with Crippen molar-refractivity contribution in [2.24, 2.45) is 5.92 Å². The van der Waals surface area contributed by atoms with Crippen LogP contribution in [0.2, 0.25) is 0 Å². The van der Waals surface area contributed by atoms with Gasteiger partial charge in [0, 0.05) is 24.9 Å². The van der Waals surface area contributed by atoms with E-state index in [4.69, 9.17) is 0 Å². The Labute approximate surface area is 125 Å². The predicted octanol–water partition coefficient (Wildman–Crippen LogP) is 2.11. The molecule has 0 aromatic rings. The molecular weight excluding hydrogens is 272 g/mol. The van der Waals surface area contributed by atoms with Crippen molar-refractivity contribution in [1.82, 2.24) is 9.80 Å². The molecular formula is C15H24N2O2S. The summed E-state index contributed by atoms with van der Waals surface area (Å²) in [5.74, 6) is 2.17. The molecule has 1 unspecified atom stereocenters. The van der Waals surface area contributed by atoms with Gasteiger partial charge in [-0.3, -0.25) is 9.59 Å². The average molecular weight is 296 g/mol. The maximum atomic E-state index is 12.6. The van der Waals surface area contributed by atoms with Crippen molar-refractivity contribution >= 4 is 23.6 Å². The van der Waals surface area contributed by atoms with Crippen LogP contribution in [-0.4, -0.2) is 52.4 Å². The molecule has 2 amide bonds. The predicted molar refractivity (Wildman–Crippen MR) is 82.4 cm³/mol. The van der Waals surface area contributed by atoms with Crippen molar-refractivity contribution in [1.29, 1.82) is 0 Å². The number of carbonyl (C=O) groups is 2. The Morgan fingerprint density at radius 1 is 1.20 bits per heavy atom. The third-order valence-electron chi connectivity index (χ3n) is 3.96. The van der Waals surface area contributed by atoms with E-state index in [0.717, 1.165) is 37.3 Å². The average Bonchev–Trinajstić information content (AvgIpc) is 2.87. The first-order valence-corrected chi connectivity index (χ1v) is 8.46. The highest BCUT2D eigenvalue weighted by Gasteiger charge is 2.37. The van der Waals surface area contributed by atoms with Gasteiger partial charge in [-0.05, 0) is 32.6 Å². The Morgan fingerprint density at radius 2 is 1.85 bits per heavy atom. The van der Waals surface area contributed by atoms with E-state index in [9.17, 15) is 9.59 Å². The Hall–Kier alpha value is -0.970. The van der Waals surface area contributed by atoms with Gasteiger partial charge in [-0.15, -0.1) is 11.8 Å². The molecule has 0 spiro atoms. The molecule has 2 rings (SSSR count). The molecule has 0 saturated carbocycles. The van der Waals surface area contributed by atoms with Gasteiger partial charge in [-0.25, -0.2) is 0 Å². The van der Waals surface area contributed by atoms with Crippen LogP contribution in [-0.2, 0) is 9.59 Å². The number of hydrogen-bond donors (Lipinski definition) is 0. The molecule has 2 fully saturated rings. The molecule has 0 N–H and O–H groups in total. The van der Waals surface area contributed by atoms with Crippen molar-refractivity contribution in [3.63, 3.8) is 0 Å². The van der Waals surface area contributed by atoms with E-state index in [1.807, 2.05) is 18.7 Å². The van der Waals surface area contributed by atoms with Crippen LogP contribution in [0.4, 0.5) is 0 Å². The molecule has 5 heteroatoms. The second kappa shape index (κ2) is 6.66. The molecule has 2 aliphatic heterocycles. The number of rotatable bonds is 2. The summed E-state index contributed by atoms with van der Waals surface area (Å²) >= 11 is 1.67. The van der Waals surface area contributed by atoms with E-state index in [1.165, 1.54) is 0 Å². The molecule has 2 heterocycles. The van der Waals surface area contributed by atoms with E-state index in [2.05, 4.69) is 6.92 Å². The standard InChI is InChI=1S/C15H24N2O2S/c1-11(2)8-14(18)17-10-20-9-13(17)15(19)16-6-4-12(3)5-7-16/h8,12-13H,4-7,9-10H2,1-3H3. The summed E-state index contributed by atoms with van der Waals surface area (Å²) in [7, 11) is 0. The lowest BCUT2D eigenvalue weighted by molar-refractivity contribution is -0.142. The maximum absolute atomic E-state index is 12.6. The molecule has 0 bridgehead atoms. The number of allylic oxidation sites excluding steroid dienone is 1. The van der Waals surface area contributed by atoms with Gasteiger partial charge >= 0.3 is 0 Å². The highest BCUT2D eigenvalue weighted by Crippen LogP contribution is 2.25. The van der Waals surface area contributed by atoms with Crippen LogP contribution in [0.3, 0.4) is 0 Å². The van der Waals surface area contributed by atoms with E-state index in [0.29, 0.717) is 11.8 Å². The van der Waals surface area contributed by atoms with Crippen LogP contribution in [0.5, 0.6) is 0 Å². The second-order valence-corrected chi connectivity index (χ2v) is 7.05. The first-order chi connectivity index (χ1) is 9.49. The van der Waals surface area contributed by atoms with E-state index in [-0.39, 0.29) is 17.9 Å². The van der Waals surface area contributed by atoms with Crippen LogP contribution in [0.1, 0.15) is 33.6 Å². The molecule has 20 heavy (non-hydrogen) atoms. The molecule has 2 saturated heterocycles. The fourth-order valence-electron chi connectivity index (χ4n) is 2.63. The van der Waals surface area contributed by atoms with Crippen molar-refractivity contribution < 1.29 is 9.59 Å². The molecule has 0 aliphatic carbocycles. The van der Waals surface area contributed by atoms with Gasteiger partial charge in [-0.2, -0.15) is 0 Å². The number of likely N-dealkylation sites (tertiary alicyclic amines) is 1. The summed E-state index contributed by atoms with van der Waals surface area (Å²) < 4.78 is 0. The summed E-state index contributed by atoms with van der Waals surface area (Å²) in [5, 5.41) is 0. The summed E-state index contributed by atoms with van der Waals surface area (Å²) in [5.41, 5.74) is 0.977. The normalized spacial score (nSPS) is 23.9. The summed E-state index contributed by atoms with van der Waals surface area (Å²) in [6.07, 6.45) is 3.78. The van der Waals surface area contributed by atoms with Crippen molar-refractivity contribution in [2.45, 2.75) is 39.7 Å².